The van der Waals surface area contributed by atoms with Crippen molar-refractivity contribution in [3.05, 3.63) is 87.5 Å². The lowest BCUT2D eigenvalue weighted by Crippen LogP contribution is -2.11. The Morgan fingerprint density at radius 2 is 1.03 bits per heavy atom. The van der Waals surface area contributed by atoms with Gasteiger partial charge in [-0.15, -0.1) is 0 Å². The number of halogens is 1. The van der Waals surface area contributed by atoms with Crippen molar-refractivity contribution < 1.29 is 13.0 Å². The van der Waals surface area contributed by atoms with Gasteiger partial charge in [-0.3, -0.25) is 4.55 Å². The van der Waals surface area contributed by atoms with Crippen LogP contribution in [0.4, 0.5) is 0 Å². The van der Waals surface area contributed by atoms with Gasteiger partial charge in [0.05, 0.1) is 0 Å². The Labute approximate surface area is 222 Å². The van der Waals surface area contributed by atoms with E-state index in [2.05, 4.69) is 101 Å². The summed E-state index contributed by atoms with van der Waals surface area (Å²) in [5.41, 5.74) is 6.13. The Morgan fingerprint density at radius 1 is 0.629 bits per heavy atom. The monoisotopic (exact) mass is 598 g/mol. The first kappa shape index (κ1) is 25.9. The molecule has 4 rings (SSSR count). The summed E-state index contributed by atoms with van der Waals surface area (Å²) in [6.45, 7) is 13.1. The zero-order chi connectivity index (χ0) is 25.8. The minimum Gasteiger partial charge on any atom is -0.282 e. The Kier molecular flexibility index (Phi) is 6.66. The molecular formula is C30H31IO3S. The summed E-state index contributed by atoms with van der Waals surface area (Å²) in [5, 5.41) is 1.31. The van der Waals surface area contributed by atoms with Crippen LogP contribution in [0.25, 0.3) is 33.0 Å². The van der Waals surface area contributed by atoms with Crippen LogP contribution < -0.4 is 0 Å². The van der Waals surface area contributed by atoms with Gasteiger partial charge in [-0.25, -0.2) is 0 Å². The summed E-state index contributed by atoms with van der Waals surface area (Å²) in [4.78, 5) is -0.0429. The maximum absolute atomic E-state index is 12.6. The second-order valence-electron chi connectivity index (χ2n) is 11.1. The molecule has 0 radical (unpaired) electrons. The van der Waals surface area contributed by atoms with E-state index >= 15 is 0 Å². The summed E-state index contributed by atoms with van der Waals surface area (Å²) in [7, 11) is -4.45. The van der Waals surface area contributed by atoms with E-state index in [1.807, 2.05) is 24.3 Å². The van der Waals surface area contributed by atoms with Crippen LogP contribution in [0.2, 0.25) is 0 Å². The van der Waals surface area contributed by atoms with Crippen molar-refractivity contribution in [3.63, 3.8) is 0 Å². The van der Waals surface area contributed by atoms with Crippen molar-refractivity contribution in [2.75, 3.05) is 0 Å². The molecule has 0 aliphatic carbocycles. The molecule has 0 aliphatic heterocycles. The van der Waals surface area contributed by atoms with Crippen LogP contribution in [0.15, 0.2) is 77.7 Å². The lowest BCUT2D eigenvalue weighted by atomic mass is 9.83. The molecule has 35 heavy (non-hydrogen) atoms. The van der Waals surface area contributed by atoms with Crippen LogP contribution in [0.3, 0.4) is 0 Å². The van der Waals surface area contributed by atoms with Crippen molar-refractivity contribution >= 4 is 43.5 Å². The Bertz CT molecular complexity index is 1500. The summed E-state index contributed by atoms with van der Waals surface area (Å²) < 4.78 is 35.9. The highest BCUT2D eigenvalue weighted by molar-refractivity contribution is 14.1. The molecule has 0 saturated carbocycles. The largest absolute Gasteiger partial charge is 0.296 e. The third-order valence-corrected chi connectivity index (χ3v) is 8.83. The standard InChI is InChI=1S/C30H31IO3S/c1-29(2,3)21-15-11-19(12-16-21)25-23-9-7-8-10-24(23)28(35(32,33)34)27(31)26(25)20-13-17-22(18-14-20)30(4,5)6/h7-18H,1-6H3,(H,32,33,34). The molecule has 4 aromatic carbocycles. The highest BCUT2D eigenvalue weighted by Crippen LogP contribution is 2.45. The second-order valence-corrected chi connectivity index (χ2v) is 13.5. The molecule has 182 valence electrons. The lowest BCUT2D eigenvalue weighted by molar-refractivity contribution is 0.483. The fourth-order valence-corrected chi connectivity index (χ4v) is 6.96. The predicted molar refractivity (Wildman–Crippen MR) is 155 cm³/mol. The van der Waals surface area contributed by atoms with E-state index in [1.165, 1.54) is 11.1 Å². The molecule has 5 heteroatoms. The highest BCUT2D eigenvalue weighted by atomic mass is 127. The maximum atomic E-state index is 12.6. The van der Waals surface area contributed by atoms with Crippen LogP contribution in [0.5, 0.6) is 0 Å². The molecule has 1 N–H and O–H groups in total. The third kappa shape index (κ3) is 5.04. The fourth-order valence-electron chi connectivity index (χ4n) is 4.47. The number of benzene rings is 4. The van der Waals surface area contributed by atoms with Crippen LogP contribution in [-0.4, -0.2) is 13.0 Å². The van der Waals surface area contributed by atoms with Crippen molar-refractivity contribution in [1.29, 1.82) is 0 Å². The van der Waals surface area contributed by atoms with Gasteiger partial charge < -0.3 is 0 Å². The molecule has 0 spiro atoms. The van der Waals surface area contributed by atoms with Gasteiger partial charge in [-0.2, -0.15) is 8.42 Å². The number of hydrogen-bond acceptors (Lipinski definition) is 2. The molecule has 0 atom stereocenters. The molecule has 4 aromatic rings. The second kappa shape index (κ2) is 9.02. The molecule has 0 unspecified atom stereocenters. The van der Waals surface area contributed by atoms with E-state index in [0.29, 0.717) is 8.96 Å². The average molecular weight is 599 g/mol. The van der Waals surface area contributed by atoms with E-state index in [9.17, 15) is 13.0 Å². The van der Waals surface area contributed by atoms with E-state index in [-0.39, 0.29) is 15.7 Å². The molecule has 0 fully saturated rings. The zero-order valence-corrected chi connectivity index (χ0v) is 24.0. The summed E-state index contributed by atoms with van der Waals surface area (Å²) >= 11 is 2.08. The topological polar surface area (TPSA) is 54.4 Å². The van der Waals surface area contributed by atoms with E-state index < -0.39 is 10.1 Å². The Hall–Kier alpha value is -2.22. The van der Waals surface area contributed by atoms with Gasteiger partial charge >= 0.3 is 0 Å². The molecule has 0 aliphatic rings. The minimum atomic E-state index is -4.45. The fraction of sp³-hybridized carbons (Fsp3) is 0.267. The van der Waals surface area contributed by atoms with Crippen LogP contribution in [0, 0.1) is 3.57 Å². The van der Waals surface area contributed by atoms with Crippen molar-refractivity contribution in [1.82, 2.24) is 0 Å². The third-order valence-electron chi connectivity index (χ3n) is 6.45. The molecule has 0 aromatic heterocycles. The molecule has 0 bridgehead atoms. The molecule has 3 nitrogen and oxygen atoms in total. The van der Waals surface area contributed by atoms with Crippen LogP contribution in [-0.2, 0) is 20.9 Å². The smallest absolute Gasteiger partial charge is 0.282 e. The Morgan fingerprint density at radius 3 is 1.43 bits per heavy atom. The van der Waals surface area contributed by atoms with E-state index in [4.69, 9.17) is 0 Å². The van der Waals surface area contributed by atoms with Crippen LogP contribution >= 0.6 is 22.6 Å². The summed E-state index contributed by atoms with van der Waals surface area (Å²) in [6, 6.07) is 24.2. The number of hydrogen-bond donors (Lipinski definition) is 1. The van der Waals surface area contributed by atoms with Crippen molar-refractivity contribution in [2.45, 2.75) is 57.3 Å². The number of fused-ring (bicyclic) bond motifs is 1. The zero-order valence-electron chi connectivity index (χ0n) is 21.0. The summed E-state index contributed by atoms with van der Waals surface area (Å²) in [5.74, 6) is 0. The van der Waals surface area contributed by atoms with E-state index in [1.54, 1.807) is 12.1 Å². The lowest BCUT2D eigenvalue weighted by Gasteiger charge is -2.23. The van der Waals surface area contributed by atoms with Crippen LogP contribution in [0.1, 0.15) is 52.7 Å². The quantitative estimate of drug-likeness (QED) is 0.190. The van der Waals surface area contributed by atoms with Gasteiger partial charge in [0.15, 0.2) is 0 Å². The van der Waals surface area contributed by atoms with Crippen molar-refractivity contribution in [2.24, 2.45) is 0 Å². The van der Waals surface area contributed by atoms with Gasteiger partial charge in [0, 0.05) is 14.5 Å². The van der Waals surface area contributed by atoms with Gasteiger partial charge in [-0.1, -0.05) is 114 Å². The average Bonchev–Trinajstić information content (AvgIpc) is 2.76. The van der Waals surface area contributed by atoms with Gasteiger partial charge in [0.2, 0.25) is 0 Å². The van der Waals surface area contributed by atoms with E-state index in [0.717, 1.165) is 27.6 Å². The molecule has 0 amide bonds. The first-order valence-electron chi connectivity index (χ1n) is 11.6. The first-order valence-corrected chi connectivity index (χ1v) is 14.1. The predicted octanol–water partition coefficient (Wildman–Crippen LogP) is 8.62. The summed E-state index contributed by atoms with van der Waals surface area (Å²) in [6.07, 6.45) is 0. The normalized spacial score (nSPS) is 12.8. The van der Waals surface area contributed by atoms with Crippen molar-refractivity contribution in [3.8, 4) is 22.3 Å². The number of rotatable bonds is 3. The SMILES string of the molecule is CC(C)(C)c1ccc(-c2c(I)c(S(=O)(=O)O)c3ccccc3c2-c2ccc(C(C)(C)C)cc2)cc1. The molecule has 0 heterocycles. The highest BCUT2D eigenvalue weighted by Gasteiger charge is 2.27. The van der Waals surface area contributed by atoms with Gasteiger partial charge in [0.1, 0.15) is 4.90 Å². The Balaban J connectivity index is 2.12. The first-order chi connectivity index (χ1) is 16.2. The minimum absolute atomic E-state index is 0.000282. The molecular weight excluding hydrogens is 567 g/mol. The molecule has 0 saturated heterocycles. The maximum Gasteiger partial charge on any atom is 0.296 e. The van der Waals surface area contributed by atoms with Gasteiger partial charge in [-0.05, 0) is 66.6 Å². The van der Waals surface area contributed by atoms with Gasteiger partial charge in [0.25, 0.3) is 10.1 Å².